The van der Waals surface area contributed by atoms with E-state index in [0.717, 1.165) is 10.6 Å². The first-order valence-electron chi connectivity index (χ1n) is 6.23. The highest BCUT2D eigenvalue weighted by Crippen LogP contribution is 2.01. The zero-order chi connectivity index (χ0) is 15.8. The van der Waals surface area contributed by atoms with E-state index in [9.17, 15) is 14.4 Å². The molecule has 0 aromatic carbocycles. The van der Waals surface area contributed by atoms with Crippen LogP contribution < -0.4 is 0 Å². The summed E-state index contributed by atoms with van der Waals surface area (Å²) < 4.78 is 0. The number of rotatable bonds is 7. The Bertz CT molecular complexity index is 490. The van der Waals surface area contributed by atoms with Crippen LogP contribution in [0, 0.1) is 0 Å². The third kappa shape index (κ3) is 5.89. The minimum absolute atomic E-state index is 0.311. The van der Waals surface area contributed by atoms with Crippen LogP contribution >= 0.6 is 0 Å². The van der Waals surface area contributed by atoms with E-state index in [1.165, 1.54) is 11.9 Å². The third-order valence-corrected chi connectivity index (χ3v) is 2.68. The molecule has 8 nitrogen and oxygen atoms in total. The Labute approximate surface area is 121 Å². The number of hydrogen-bond acceptors (Lipinski definition) is 4. The number of carboxylic acid groups (broad SMARTS) is 2. The number of carboxylic acids is 2. The van der Waals surface area contributed by atoms with E-state index >= 15 is 0 Å². The lowest BCUT2D eigenvalue weighted by Gasteiger charge is -2.25. The molecule has 0 spiro atoms. The van der Waals surface area contributed by atoms with Crippen LogP contribution in [-0.4, -0.2) is 69.6 Å². The van der Waals surface area contributed by atoms with Gasteiger partial charge in [-0.3, -0.25) is 14.6 Å². The van der Waals surface area contributed by atoms with Crippen molar-refractivity contribution in [2.45, 2.75) is 6.42 Å². The smallest absolute Gasteiger partial charge is 0.323 e. The quantitative estimate of drug-likeness (QED) is 0.740. The van der Waals surface area contributed by atoms with Crippen molar-refractivity contribution in [3.8, 4) is 0 Å². The fraction of sp³-hybridized carbons (Fsp3) is 0.385. The maximum Gasteiger partial charge on any atom is 0.323 e. The van der Waals surface area contributed by atoms with Crippen LogP contribution in [0.4, 0.5) is 4.79 Å². The molecule has 0 unspecified atom stereocenters. The number of likely N-dealkylation sites (N-methyl/N-ethyl adjacent to an activating group) is 1. The van der Waals surface area contributed by atoms with Crippen molar-refractivity contribution < 1.29 is 24.6 Å². The zero-order valence-electron chi connectivity index (χ0n) is 11.6. The fourth-order valence-corrected chi connectivity index (χ4v) is 1.68. The monoisotopic (exact) mass is 295 g/mol. The minimum Gasteiger partial charge on any atom is -0.480 e. The van der Waals surface area contributed by atoms with Crippen molar-refractivity contribution in [2.75, 3.05) is 26.7 Å². The van der Waals surface area contributed by atoms with Crippen LogP contribution in [0.25, 0.3) is 0 Å². The Morgan fingerprint density at radius 1 is 1.14 bits per heavy atom. The van der Waals surface area contributed by atoms with E-state index in [2.05, 4.69) is 4.98 Å². The molecule has 1 heterocycles. The van der Waals surface area contributed by atoms with Crippen molar-refractivity contribution in [3.63, 3.8) is 0 Å². The molecule has 114 valence electrons. The zero-order valence-corrected chi connectivity index (χ0v) is 11.6. The van der Waals surface area contributed by atoms with Crippen LogP contribution in [0.5, 0.6) is 0 Å². The Kier molecular flexibility index (Phi) is 6.12. The highest BCUT2D eigenvalue weighted by atomic mass is 16.4. The molecule has 0 saturated heterocycles. The number of pyridine rings is 1. The number of aliphatic carboxylic acids is 2. The summed E-state index contributed by atoms with van der Waals surface area (Å²) in [5.41, 5.74) is 0.792. The number of hydrogen-bond donors (Lipinski definition) is 2. The maximum atomic E-state index is 12.0. The minimum atomic E-state index is -1.26. The van der Waals surface area contributed by atoms with Gasteiger partial charge in [-0.2, -0.15) is 0 Å². The molecule has 0 aliphatic rings. The highest BCUT2D eigenvalue weighted by molar-refractivity contribution is 5.84. The van der Waals surface area contributed by atoms with E-state index in [1.54, 1.807) is 12.3 Å². The molecule has 2 N–H and O–H groups in total. The topological polar surface area (TPSA) is 111 Å². The largest absolute Gasteiger partial charge is 0.480 e. The predicted octanol–water partition coefficient (Wildman–Crippen LogP) is 0.147. The second-order valence-corrected chi connectivity index (χ2v) is 4.42. The molecule has 0 aliphatic heterocycles. The summed E-state index contributed by atoms with van der Waals surface area (Å²) in [5, 5.41) is 17.4. The second-order valence-electron chi connectivity index (χ2n) is 4.42. The molecular weight excluding hydrogens is 278 g/mol. The summed E-state index contributed by atoms with van der Waals surface area (Å²) in [7, 11) is 1.49. The number of nitrogens with zero attached hydrogens (tertiary/aromatic N) is 3. The molecule has 21 heavy (non-hydrogen) atoms. The van der Waals surface area contributed by atoms with E-state index < -0.39 is 31.1 Å². The first-order valence-corrected chi connectivity index (χ1v) is 6.23. The Morgan fingerprint density at radius 2 is 1.76 bits per heavy atom. The summed E-state index contributed by atoms with van der Waals surface area (Å²) in [6.45, 7) is -0.996. The molecule has 0 atom stereocenters. The predicted molar refractivity (Wildman–Crippen MR) is 72.8 cm³/mol. The van der Waals surface area contributed by atoms with Crippen LogP contribution in [0.15, 0.2) is 24.4 Å². The van der Waals surface area contributed by atoms with E-state index in [-0.39, 0.29) is 0 Å². The molecule has 0 bridgehead atoms. The van der Waals surface area contributed by atoms with E-state index in [0.29, 0.717) is 13.0 Å². The van der Waals surface area contributed by atoms with Crippen molar-refractivity contribution in [1.82, 2.24) is 14.8 Å². The van der Waals surface area contributed by atoms with E-state index in [1.807, 2.05) is 12.1 Å². The van der Waals surface area contributed by atoms with Crippen LogP contribution in [-0.2, 0) is 16.0 Å². The van der Waals surface area contributed by atoms with Crippen molar-refractivity contribution in [1.29, 1.82) is 0 Å². The second kappa shape index (κ2) is 7.83. The average molecular weight is 295 g/mol. The molecule has 1 rings (SSSR count). The lowest BCUT2D eigenvalue weighted by Crippen LogP contribution is -2.46. The first-order chi connectivity index (χ1) is 9.90. The fourth-order valence-electron chi connectivity index (χ4n) is 1.68. The molecule has 2 amide bonds. The van der Waals surface area contributed by atoms with Gasteiger partial charge < -0.3 is 20.0 Å². The molecule has 1 aromatic heterocycles. The van der Waals surface area contributed by atoms with Gasteiger partial charge in [0.05, 0.1) is 0 Å². The molecule has 8 heteroatoms. The van der Waals surface area contributed by atoms with Gasteiger partial charge in [0.1, 0.15) is 13.1 Å². The van der Waals surface area contributed by atoms with Crippen LogP contribution in [0.3, 0.4) is 0 Å². The maximum absolute atomic E-state index is 12.0. The first kappa shape index (κ1) is 16.4. The SMILES string of the molecule is CN(CCc1ccccn1)C(=O)N(CC(=O)O)CC(=O)O. The Morgan fingerprint density at radius 3 is 2.24 bits per heavy atom. The van der Waals surface area contributed by atoms with Crippen LogP contribution in [0.1, 0.15) is 5.69 Å². The van der Waals surface area contributed by atoms with Gasteiger partial charge in [-0.1, -0.05) is 6.07 Å². The van der Waals surface area contributed by atoms with Gasteiger partial charge >= 0.3 is 18.0 Å². The standard InChI is InChI=1S/C13H17N3O5/c1-15(7-5-10-4-2-3-6-14-10)13(21)16(8-11(17)18)9-12(19)20/h2-4,6H,5,7-9H2,1H3,(H,17,18)(H,19,20). The summed E-state index contributed by atoms with van der Waals surface area (Å²) >= 11 is 0. The molecule has 0 saturated carbocycles. The number of urea groups is 1. The molecule has 0 aliphatic carbocycles. The molecule has 1 aromatic rings. The number of aromatic nitrogens is 1. The lowest BCUT2D eigenvalue weighted by molar-refractivity contribution is -0.140. The van der Waals surface area contributed by atoms with Gasteiger partial charge in [-0.25, -0.2) is 4.79 Å². The van der Waals surface area contributed by atoms with E-state index in [4.69, 9.17) is 10.2 Å². The summed E-state index contributed by atoms with van der Waals surface area (Å²) in [6.07, 6.45) is 2.13. The number of amides is 2. The number of carbonyl (C=O) groups is 3. The van der Waals surface area contributed by atoms with Crippen molar-refractivity contribution >= 4 is 18.0 Å². The van der Waals surface area contributed by atoms with Crippen molar-refractivity contribution in [2.24, 2.45) is 0 Å². The van der Waals surface area contributed by atoms with Gasteiger partial charge in [0.15, 0.2) is 0 Å². The van der Waals surface area contributed by atoms with Gasteiger partial charge in [-0.05, 0) is 12.1 Å². The summed E-state index contributed by atoms with van der Waals surface area (Å²) in [6, 6.07) is 4.77. The average Bonchev–Trinajstić information content (AvgIpc) is 2.43. The van der Waals surface area contributed by atoms with Crippen molar-refractivity contribution in [3.05, 3.63) is 30.1 Å². The number of carbonyl (C=O) groups excluding carboxylic acids is 1. The van der Waals surface area contributed by atoms with Gasteiger partial charge in [0, 0.05) is 31.9 Å². The lowest BCUT2D eigenvalue weighted by atomic mass is 10.2. The summed E-state index contributed by atoms with van der Waals surface area (Å²) in [5.74, 6) is -2.52. The molecule has 0 fully saturated rings. The van der Waals surface area contributed by atoms with Crippen LogP contribution in [0.2, 0.25) is 0 Å². The Balaban J connectivity index is 2.60. The summed E-state index contributed by atoms with van der Waals surface area (Å²) in [4.78, 5) is 39.6. The third-order valence-electron chi connectivity index (χ3n) is 2.68. The normalized spacial score (nSPS) is 9.95. The Hall–Kier alpha value is -2.64. The molecular formula is C13H17N3O5. The highest BCUT2D eigenvalue weighted by Gasteiger charge is 2.22. The van der Waals surface area contributed by atoms with Gasteiger partial charge in [0.25, 0.3) is 0 Å². The van der Waals surface area contributed by atoms with Gasteiger partial charge in [0.2, 0.25) is 0 Å². The van der Waals surface area contributed by atoms with Gasteiger partial charge in [-0.15, -0.1) is 0 Å². The molecule has 0 radical (unpaired) electrons.